The summed E-state index contributed by atoms with van der Waals surface area (Å²) in [5.74, 6) is -0.256. The van der Waals surface area contributed by atoms with Crippen molar-refractivity contribution in [1.29, 1.82) is 0 Å². The van der Waals surface area contributed by atoms with Crippen LogP contribution in [0.25, 0.3) is 6.08 Å². The van der Waals surface area contributed by atoms with Gasteiger partial charge in [0.2, 0.25) is 0 Å². The molecule has 0 bridgehead atoms. The van der Waals surface area contributed by atoms with Crippen LogP contribution < -0.4 is 10.1 Å². The summed E-state index contributed by atoms with van der Waals surface area (Å²) in [5.41, 5.74) is 3.99. The molecule has 1 heterocycles. The molecule has 1 fully saturated rings. The molecule has 1 aliphatic rings. The number of halogens is 2. The Morgan fingerprint density at radius 1 is 1.03 bits per heavy atom. The molecule has 1 saturated heterocycles. The van der Waals surface area contributed by atoms with Crippen LogP contribution >= 0.6 is 35.0 Å². The zero-order valence-electron chi connectivity index (χ0n) is 19.5. The largest absolute Gasteiger partial charge is 0.484 e. The maximum absolute atomic E-state index is 12.9. The number of rotatable bonds is 7. The predicted molar refractivity (Wildman–Crippen MR) is 144 cm³/mol. The molecule has 0 aromatic heterocycles. The van der Waals surface area contributed by atoms with Crippen LogP contribution in [0.3, 0.4) is 0 Å². The van der Waals surface area contributed by atoms with Gasteiger partial charge in [-0.15, -0.1) is 0 Å². The van der Waals surface area contributed by atoms with Gasteiger partial charge in [-0.1, -0.05) is 59.1 Å². The van der Waals surface area contributed by atoms with E-state index < -0.39 is 11.1 Å². The fourth-order valence-electron chi connectivity index (χ4n) is 3.61. The van der Waals surface area contributed by atoms with Crippen LogP contribution in [-0.4, -0.2) is 28.6 Å². The summed E-state index contributed by atoms with van der Waals surface area (Å²) in [6.07, 6.45) is 1.61. The lowest BCUT2D eigenvalue weighted by Crippen LogP contribution is -2.27. The summed E-state index contributed by atoms with van der Waals surface area (Å²) in [6.45, 7) is 3.73. The Morgan fingerprint density at radius 3 is 2.47 bits per heavy atom. The van der Waals surface area contributed by atoms with Crippen LogP contribution in [0.1, 0.15) is 22.3 Å². The van der Waals surface area contributed by atoms with E-state index in [-0.39, 0.29) is 24.0 Å². The molecule has 36 heavy (non-hydrogen) atoms. The fourth-order valence-corrected chi connectivity index (χ4v) is 4.97. The smallest absolute Gasteiger partial charge is 0.293 e. The molecule has 3 aromatic carbocycles. The average molecular weight is 541 g/mol. The molecular weight excluding hydrogens is 519 g/mol. The summed E-state index contributed by atoms with van der Waals surface area (Å²) in [7, 11) is 0. The number of aryl methyl sites for hydroxylation is 2. The number of amides is 3. The van der Waals surface area contributed by atoms with Crippen molar-refractivity contribution in [2.75, 3.05) is 11.9 Å². The monoisotopic (exact) mass is 540 g/mol. The van der Waals surface area contributed by atoms with E-state index in [1.54, 1.807) is 48.5 Å². The van der Waals surface area contributed by atoms with Crippen molar-refractivity contribution in [2.45, 2.75) is 20.4 Å². The van der Waals surface area contributed by atoms with E-state index >= 15 is 0 Å². The van der Waals surface area contributed by atoms with Crippen molar-refractivity contribution in [2.24, 2.45) is 0 Å². The van der Waals surface area contributed by atoms with Crippen LogP contribution in [-0.2, 0) is 16.1 Å². The maximum Gasteiger partial charge on any atom is 0.293 e. The highest BCUT2D eigenvalue weighted by molar-refractivity contribution is 8.18. The molecule has 1 N–H and O–H groups in total. The Morgan fingerprint density at radius 2 is 1.75 bits per heavy atom. The van der Waals surface area contributed by atoms with Gasteiger partial charge in [0.05, 0.1) is 11.4 Å². The van der Waals surface area contributed by atoms with Crippen molar-refractivity contribution >= 4 is 63.8 Å². The minimum Gasteiger partial charge on any atom is -0.484 e. The molecule has 6 nitrogen and oxygen atoms in total. The van der Waals surface area contributed by atoms with E-state index in [2.05, 4.69) is 5.32 Å². The molecule has 0 spiro atoms. The Bertz CT molecular complexity index is 1370. The number of imide groups is 1. The number of carbonyl (C=O) groups is 3. The Kier molecular flexibility index (Phi) is 8.04. The Labute approximate surface area is 223 Å². The highest BCUT2D eigenvalue weighted by Crippen LogP contribution is 2.36. The second kappa shape index (κ2) is 11.2. The van der Waals surface area contributed by atoms with Gasteiger partial charge in [0.1, 0.15) is 5.75 Å². The highest BCUT2D eigenvalue weighted by Gasteiger charge is 2.35. The van der Waals surface area contributed by atoms with E-state index in [1.807, 2.05) is 32.0 Å². The van der Waals surface area contributed by atoms with Gasteiger partial charge in [0.15, 0.2) is 6.61 Å². The first-order valence-corrected chi connectivity index (χ1v) is 12.6. The maximum atomic E-state index is 12.9. The van der Waals surface area contributed by atoms with Crippen LogP contribution in [0.5, 0.6) is 5.75 Å². The summed E-state index contributed by atoms with van der Waals surface area (Å²) in [6, 6.07) is 17.7. The van der Waals surface area contributed by atoms with E-state index in [9.17, 15) is 14.4 Å². The number of nitrogens with one attached hydrogen (secondary N) is 1. The normalized spacial score (nSPS) is 14.4. The number of carbonyl (C=O) groups excluding carboxylic acids is 3. The molecule has 3 amide bonds. The third-order valence-electron chi connectivity index (χ3n) is 5.43. The number of ether oxygens (including phenoxy) is 1. The first-order valence-electron chi connectivity index (χ1n) is 11.0. The summed E-state index contributed by atoms with van der Waals surface area (Å²) < 4.78 is 5.64. The molecule has 0 radical (unpaired) electrons. The predicted octanol–water partition coefficient (Wildman–Crippen LogP) is 6.86. The lowest BCUT2D eigenvalue weighted by Gasteiger charge is -2.14. The second-order valence-corrected chi connectivity index (χ2v) is 10.0. The van der Waals surface area contributed by atoms with Gasteiger partial charge in [-0.2, -0.15) is 0 Å². The third kappa shape index (κ3) is 6.10. The van der Waals surface area contributed by atoms with Crippen molar-refractivity contribution in [3.8, 4) is 5.75 Å². The average Bonchev–Trinajstić information content (AvgIpc) is 3.09. The Balaban J connectivity index is 1.41. The van der Waals surface area contributed by atoms with E-state index in [0.29, 0.717) is 26.9 Å². The summed E-state index contributed by atoms with van der Waals surface area (Å²) in [4.78, 5) is 39.2. The molecule has 184 valence electrons. The van der Waals surface area contributed by atoms with Gasteiger partial charge in [0, 0.05) is 21.3 Å². The molecule has 9 heteroatoms. The van der Waals surface area contributed by atoms with Crippen molar-refractivity contribution in [3.63, 3.8) is 0 Å². The van der Waals surface area contributed by atoms with Crippen LogP contribution in [0.4, 0.5) is 10.5 Å². The molecule has 0 saturated carbocycles. The minimum atomic E-state index is -0.430. The second-order valence-electron chi connectivity index (χ2n) is 8.20. The number of thioether (sulfide) groups is 1. The van der Waals surface area contributed by atoms with Gasteiger partial charge >= 0.3 is 0 Å². The number of hydrogen-bond acceptors (Lipinski definition) is 5. The van der Waals surface area contributed by atoms with Gasteiger partial charge in [-0.05, 0) is 73.1 Å². The first kappa shape index (κ1) is 25.8. The van der Waals surface area contributed by atoms with E-state index in [1.165, 1.54) is 0 Å². The lowest BCUT2D eigenvalue weighted by molar-refractivity contribution is -0.123. The number of nitrogens with zero attached hydrogens (tertiary/aromatic N) is 1. The lowest BCUT2D eigenvalue weighted by atomic mass is 10.1. The van der Waals surface area contributed by atoms with Gasteiger partial charge < -0.3 is 10.1 Å². The molecule has 4 rings (SSSR count). The van der Waals surface area contributed by atoms with Crippen molar-refractivity contribution < 1.29 is 19.1 Å². The molecule has 0 atom stereocenters. The molecule has 3 aromatic rings. The number of benzene rings is 3. The molecular formula is C27H22Cl2N2O4S. The van der Waals surface area contributed by atoms with E-state index in [4.69, 9.17) is 27.9 Å². The molecule has 0 aliphatic carbocycles. The molecule has 0 unspecified atom stereocenters. The Hall–Kier alpha value is -3.26. The summed E-state index contributed by atoms with van der Waals surface area (Å²) in [5, 5.41) is 3.21. The zero-order chi connectivity index (χ0) is 25.8. The summed E-state index contributed by atoms with van der Waals surface area (Å²) >= 11 is 13.2. The minimum absolute atomic E-state index is 0.0146. The fraction of sp³-hybridized carbons (Fsp3) is 0.148. The first-order chi connectivity index (χ1) is 17.2. The number of anilines is 1. The van der Waals surface area contributed by atoms with Gasteiger partial charge in [-0.25, -0.2) is 0 Å². The van der Waals surface area contributed by atoms with Crippen molar-refractivity contribution in [3.05, 3.63) is 97.9 Å². The van der Waals surface area contributed by atoms with Gasteiger partial charge in [0.25, 0.3) is 17.1 Å². The SMILES string of the molecule is Cc1ccc(NC(=O)COc2cccc(/C=C3\SC(=O)N(Cc4c(Cl)cccc4Cl)C3=O)c2)c(C)c1. The van der Waals surface area contributed by atoms with Crippen LogP contribution in [0, 0.1) is 13.8 Å². The third-order valence-corrected chi connectivity index (χ3v) is 7.05. The standard InChI is InChI=1S/C27H22Cl2N2O4S/c1-16-9-10-23(17(2)11-16)30-25(32)15-35-19-6-3-5-18(12-19)13-24-26(33)31(27(34)36-24)14-20-21(28)7-4-8-22(20)29/h3-13H,14-15H2,1-2H3,(H,30,32)/b24-13-. The van der Waals surface area contributed by atoms with Crippen molar-refractivity contribution in [1.82, 2.24) is 4.90 Å². The number of hydrogen-bond donors (Lipinski definition) is 1. The highest BCUT2D eigenvalue weighted by atomic mass is 35.5. The van der Waals surface area contributed by atoms with Gasteiger partial charge in [-0.3, -0.25) is 19.3 Å². The van der Waals surface area contributed by atoms with Crippen LogP contribution in [0.2, 0.25) is 10.0 Å². The van der Waals surface area contributed by atoms with E-state index in [0.717, 1.165) is 33.5 Å². The van der Waals surface area contributed by atoms with Crippen LogP contribution in [0.15, 0.2) is 65.6 Å². The zero-order valence-corrected chi connectivity index (χ0v) is 21.8. The molecule has 1 aliphatic heterocycles. The quantitative estimate of drug-likeness (QED) is 0.331. The topological polar surface area (TPSA) is 75.7 Å².